The molecule has 0 bridgehead atoms. The Morgan fingerprint density at radius 3 is 2.60 bits per heavy atom. The first-order chi connectivity index (χ1) is 9.63. The van der Waals surface area contributed by atoms with Crippen LogP contribution < -0.4 is 10.6 Å². The molecule has 0 spiro atoms. The molecule has 0 fully saturated rings. The Labute approximate surface area is 121 Å². The van der Waals surface area contributed by atoms with Crippen LogP contribution in [0.1, 0.15) is 56.9 Å². The maximum atomic E-state index is 11.8. The van der Waals surface area contributed by atoms with Crippen molar-refractivity contribution in [1.82, 2.24) is 15.5 Å². The van der Waals surface area contributed by atoms with Gasteiger partial charge in [-0.2, -0.15) is 0 Å². The summed E-state index contributed by atoms with van der Waals surface area (Å²) in [6.07, 6.45) is 4.36. The Morgan fingerprint density at radius 1 is 1.20 bits per heavy atom. The fourth-order valence-electron chi connectivity index (χ4n) is 1.70. The lowest BCUT2D eigenvalue weighted by Gasteiger charge is -2.07. The topological polar surface area (TPSA) is 66.9 Å². The van der Waals surface area contributed by atoms with Gasteiger partial charge in [0.05, 0.1) is 0 Å². The van der Waals surface area contributed by atoms with Gasteiger partial charge in [-0.05, 0) is 30.9 Å². The van der Waals surface area contributed by atoms with Crippen molar-refractivity contribution in [2.24, 2.45) is 5.92 Å². The second-order valence-corrected chi connectivity index (χ2v) is 5.38. The second kappa shape index (κ2) is 9.28. The van der Waals surface area contributed by atoms with Crippen LogP contribution in [0.5, 0.6) is 0 Å². The summed E-state index contributed by atoms with van der Waals surface area (Å²) in [5, 5.41) is 14.0. The molecule has 0 unspecified atom stereocenters. The lowest BCUT2D eigenvalue weighted by Crippen LogP contribution is -2.25. The number of anilines is 1. The molecular formula is C15H26N4O. The van der Waals surface area contributed by atoms with Crippen molar-refractivity contribution in [3.05, 3.63) is 17.8 Å². The fraction of sp³-hybridized carbons (Fsp3) is 0.667. The smallest absolute Gasteiger partial charge is 0.271 e. The van der Waals surface area contributed by atoms with E-state index < -0.39 is 0 Å². The highest BCUT2D eigenvalue weighted by Crippen LogP contribution is 2.04. The van der Waals surface area contributed by atoms with Gasteiger partial charge in [-0.15, -0.1) is 10.2 Å². The molecular weight excluding hydrogens is 252 g/mol. The van der Waals surface area contributed by atoms with Gasteiger partial charge >= 0.3 is 0 Å². The molecule has 1 aromatic heterocycles. The van der Waals surface area contributed by atoms with E-state index in [0.29, 0.717) is 24.0 Å². The van der Waals surface area contributed by atoms with Crippen LogP contribution in [0.2, 0.25) is 0 Å². The van der Waals surface area contributed by atoms with Crippen molar-refractivity contribution in [2.45, 2.75) is 46.5 Å². The number of hydrogen-bond acceptors (Lipinski definition) is 4. The number of nitrogens with zero attached hydrogens (tertiary/aromatic N) is 2. The van der Waals surface area contributed by atoms with Crippen LogP contribution in [0.15, 0.2) is 12.1 Å². The molecule has 1 heterocycles. The Morgan fingerprint density at radius 2 is 2.00 bits per heavy atom. The highest BCUT2D eigenvalue weighted by molar-refractivity contribution is 5.92. The molecule has 0 aliphatic heterocycles. The van der Waals surface area contributed by atoms with Gasteiger partial charge in [0.2, 0.25) is 0 Å². The summed E-state index contributed by atoms with van der Waals surface area (Å²) in [6.45, 7) is 8.06. The number of hydrogen-bond donors (Lipinski definition) is 2. The molecule has 0 aliphatic rings. The molecule has 5 nitrogen and oxygen atoms in total. The van der Waals surface area contributed by atoms with Gasteiger partial charge in [-0.3, -0.25) is 4.79 Å². The molecule has 0 atom stereocenters. The third-order valence-electron chi connectivity index (χ3n) is 2.99. The lowest BCUT2D eigenvalue weighted by atomic mass is 10.1. The van der Waals surface area contributed by atoms with E-state index in [1.165, 1.54) is 0 Å². The summed E-state index contributed by atoms with van der Waals surface area (Å²) < 4.78 is 0. The van der Waals surface area contributed by atoms with Crippen LogP contribution >= 0.6 is 0 Å². The minimum atomic E-state index is -0.151. The van der Waals surface area contributed by atoms with Gasteiger partial charge in [0.25, 0.3) is 5.91 Å². The molecule has 0 saturated heterocycles. The van der Waals surface area contributed by atoms with Crippen LogP contribution in [0.25, 0.3) is 0 Å². The summed E-state index contributed by atoms with van der Waals surface area (Å²) in [5.74, 6) is 1.22. The summed E-state index contributed by atoms with van der Waals surface area (Å²) in [4.78, 5) is 11.8. The summed E-state index contributed by atoms with van der Waals surface area (Å²) in [7, 11) is 0. The summed E-state index contributed by atoms with van der Waals surface area (Å²) in [6, 6.07) is 3.51. The van der Waals surface area contributed by atoms with E-state index in [-0.39, 0.29) is 5.91 Å². The van der Waals surface area contributed by atoms with E-state index in [1.807, 2.05) is 0 Å². The van der Waals surface area contributed by atoms with Gasteiger partial charge in [-0.25, -0.2) is 0 Å². The highest BCUT2D eigenvalue weighted by atomic mass is 16.1. The molecule has 1 aromatic rings. The lowest BCUT2D eigenvalue weighted by molar-refractivity contribution is 0.0947. The number of unbranched alkanes of at least 4 members (excludes halogenated alkanes) is 2. The van der Waals surface area contributed by atoms with E-state index in [9.17, 15) is 4.79 Å². The van der Waals surface area contributed by atoms with E-state index in [4.69, 9.17) is 0 Å². The standard InChI is InChI=1S/C15H26N4O/c1-4-5-6-10-17-15(20)13-7-8-14(19-18-13)16-11-9-12(2)3/h7-8,12H,4-6,9-11H2,1-3H3,(H,16,19)(H,17,20). The summed E-state index contributed by atoms with van der Waals surface area (Å²) in [5.41, 5.74) is 0.371. The van der Waals surface area contributed by atoms with Crippen molar-refractivity contribution < 1.29 is 4.79 Å². The van der Waals surface area contributed by atoms with Gasteiger partial charge in [-0.1, -0.05) is 33.6 Å². The Hall–Kier alpha value is -1.65. The average molecular weight is 278 g/mol. The monoisotopic (exact) mass is 278 g/mol. The number of nitrogens with one attached hydrogen (secondary N) is 2. The maximum Gasteiger partial charge on any atom is 0.271 e. The van der Waals surface area contributed by atoms with E-state index in [1.54, 1.807) is 12.1 Å². The minimum absolute atomic E-state index is 0.151. The van der Waals surface area contributed by atoms with Crippen molar-refractivity contribution in [3.63, 3.8) is 0 Å². The van der Waals surface area contributed by atoms with Crippen molar-refractivity contribution in [1.29, 1.82) is 0 Å². The Balaban J connectivity index is 2.35. The van der Waals surface area contributed by atoms with Crippen LogP contribution in [-0.4, -0.2) is 29.2 Å². The first-order valence-electron chi connectivity index (χ1n) is 7.49. The molecule has 2 N–H and O–H groups in total. The first-order valence-corrected chi connectivity index (χ1v) is 7.49. The van der Waals surface area contributed by atoms with Gasteiger partial charge in [0.15, 0.2) is 5.69 Å². The molecule has 1 amide bonds. The largest absolute Gasteiger partial charge is 0.369 e. The number of carbonyl (C=O) groups is 1. The van der Waals surface area contributed by atoms with Crippen LogP contribution in [0.4, 0.5) is 5.82 Å². The van der Waals surface area contributed by atoms with Crippen LogP contribution in [-0.2, 0) is 0 Å². The van der Waals surface area contributed by atoms with Crippen LogP contribution in [0, 0.1) is 5.92 Å². The molecule has 0 aliphatic carbocycles. The second-order valence-electron chi connectivity index (χ2n) is 5.38. The zero-order valence-electron chi connectivity index (χ0n) is 12.8. The van der Waals surface area contributed by atoms with Gasteiger partial charge in [0.1, 0.15) is 5.82 Å². The first kappa shape index (κ1) is 16.4. The predicted octanol–water partition coefficient (Wildman–Crippen LogP) is 2.85. The fourth-order valence-corrected chi connectivity index (χ4v) is 1.70. The maximum absolute atomic E-state index is 11.8. The summed E-state index contributed by atoms with van der Waals surface area (Å²) >= 11 is 0. The van der Waals surface area contributed by atoms with Gasteiger partial charge < -0.3 is 10.6 Å². The SMILES string of the molecule is CCCCCNC(=O)c1ccc(NCCC(C)C)nn1. The molecule has 1 rings (SSSR count). The molecule has 0 saturated carbocycles. The van der Waals surface area contributed by atoms with Gasteiger partial charge in [0, 0.05) is 13.1 Å². The third-order valence-corrected chi connectivity index (χ3v) is 2.99. The van der Waals surface area contributed by atoms with Crippen molar-refractivity contribution in [2.75, 3.05) is 18.4 Å². The molecule has 112 valence electrons. The van der Waals surface area contributed by atoms with Crippen LogP contribution in [0.3, 0.4) is 0 Å². The molecule has 0 radical (unpaired) electrons. The molecule has 5 heteroatoms. The number of rotatable bonds is 9. The predicted molar refractivity (Wildman–Crippen MR) is 81.8 cm³/mol. The van der Waals surface area contributed by atoms with E-state index in [0.717, 1.165) is 32.2 Å². The normalized spacial score (nSPS) is 10.6. The quantitative estimate of drug-likeness (QED) is 0.682. The zero-order chi connectivity index (χ0) is 14.8. The number of amides is 1. The Kier molecular flexibility index (Phi) is 7.62. The third kappa shape index (κ3) is 6.50. The average Bonchev–Trinajstić information content (AvgIpc) is 2.44. The number of carbonyl (C=O) groups excluding carboxylic acids is 1. The highest BCUT2D eigenvalue weighted by Gasteiger charge is 2.07. The zero-order valence-corrected chi connectivity index (χ0v) is 12.8. The molecule has 0 aromatic carbocycles. The van der Waals surface area contributed by atoms with E-state index in [2.05, 4.69) is 41.6 Å². The number of aromatic nitrogens is 2. The Bertz CT molecular complexity index is 389. The van der Waals surface area contributed by atoms with Crippen molar-refractivity contribution >= 4 is 11.7 Å². The molecule has 20 heavy (non-hydrogen) atoms. The van der Waals surface area contributed by atoms with E-state index >= 15 is 0 Å². The van der Waals surface area contributed by atoms with Crippen molar-refractivity contribution in [3.8, 4) is 0 Å². The minimum Gasteiger partial charge on any atom is -0.369 e.